The number of hydrogen-bond donors (Lipinski definition) is 2. The smallest absolute Gasteiger partial charge is 0.265 e. The molecule has 2 aromatic carbocycles. The number of ether oxygens (including phenoxy) is 1. The van der Waals surface area contributed by atoms with E-state index in [1.165, 1.54) is 6.42 Å². The number of aromatic nitrogens is 1. The van der Waals surface area contributed by atoms with E-state index in [0.29, 0.717) is 11.6 Å². The second-order valence-corrected chi connectivity index (χ2v) is 8.22. The summed E-state index contributed by atoms with van der Waals surface area (Å²) in [5.74, 6) is 0.217. The zero-order valence-electron chi connectivity index (χ0n) is 17.3. The molecule has 1 aliphatic carbocycles. The van der Waals surface area contributed by atoms with E-state index in [0.717, 1.165) is 40.8 Å². The highest BCUT2D eigenvalue weighted by atomic mass is 16.5. The zero-order chi connectivity index (χ0) is 21.4. The van der Waals surface area contributed by atoms with Gasteiger partial charge in [0, 0.05) is 23.2 Å². The van der Waals surface area contributed by atoms with Gasteiger partial charge in [0.1, 0.15) is 5.69 Å². The Morgan fingerprint density at radius 2 is 1.81 bits per heavy atom. The van der Waals surface area contributed by atoms with Crippen LogP contribution in [0.5, 0.6) is 5.88 Å². The van der Waals surface area contributed by atoms with E-state index in [-0.39, 0.29) is 31.2 Å². The van der Waals surface area contributed by atoms with Crippen LogP contribution in [0.3, 0.4) is 0 Å². The van der Waals surface area contributed by atoms with Crippen molar-refractivity contribution >= 4 is 11.6 Å². The van der Waals surface area contributed by atoms with Crippen LogP contribution < -0.4 is 15.4 Å². The van der Waals surface area contributed by atoms with Crippen molar-refractivity contribution in [2.45, 2.75) is 24.8 Å². The fourth-order valence-corrected chi connectivity index (χ4v) is 4.34. The molecule has 0 unspecified atom stereocenters. The first-order valence-electron chi connectivity index (χ1n) is 10.6. The number of anilines is 1. The molecule has 1 fully saturated rings. The van der Waals surface area contributed by atoms with Gasteiger partial charge < -0.3 is 20.5 Å². The molecule has 2 aliphatic rings. The fourth-order valence-electron chi connectivity index (χ4n) is 4.34. The summed E-state index contributed by atoms with van der Waals surface area (Å²) in [4.78, 5) is 18.7. The lowest BCUT2D eigenvalue weighted by Gasteiger charge is -2.38. The molecule has 0 atom stereocenters. The molecule has 2 heterocycles. The van der Waals surface area contributed by atoms with Crippen molar-refractivity contribution in [3.05, 3.63) is 66.2 Å². The molecule has 31 heavy (non-hydrogen) atoms. The molecule has 158 valence electrons. The predicted octanol–water partition coefficient (Wildman–Crippen LogP) is 3.47. The Bertz CT molecular complexity index is 1110. The molecule has 3 N–H and O–H groups in total. The van der Waals surface area contributed by atoms with Crippen LogP contribution >= 0.6 is 0 Å². The third-order valence-electron chi connectivity index (χ3n) is 6.28. The van der Waals surface area contributed by atoms with E-state index in [4.69, 9.17) is 15.5 Å². The van der Waals surface area contributed by atoms with Crippen LogP contribution in [-0.2, 0) is 10.3 Å². The third kappa shape index (κ3) is 3.48. The van der Waals surface area contributed by atoms with Crippen molar-refractivity contribution < 1.29 is 14.6 Å². The first kappa shape index (κ1) is 19.7. The number of carbonyl (C=O) groups is 1. The summed E-state index contributed by atoms with van der Waals surface area (Å²) in [6.07, 6.45) is 3.20. The Balaban J connectivity index is 1.63. The standard InChI is InChI=1S/C25H25N3O3/c26-25(11-4-12-25)19-9-7-18(8-10-19)23-20(17-5-2-1-3-6-17)15-21-24(27-23)31-16-22(30)28(21)13-14-29/h1-3,5-10,15,29H,4,11-14,16,26H2. The van der Waals surface area contributed by atoms with Crippen molar-refractivity contribution in [1.29, 1.82) is 0 Å². The number of aliphatic hydroxyl groups is 1. The van der Waals surface area contributed by atoms with Crippen molar-refractivity contribution in [1.82, 2.24) is 4.98 Å². The summed E-state index contributed by atoms with van der Waals surface area (Å²) >= 11 is 0. The average Bonchev–Trinajstić information content (AvgIpc) is 2.79. The van der Waals surface area contributed by atoms with Gasteiger partial charge >= 0.3 is 0 Å². The Morgan fingerprint density at radius 3 is 2.45 bits per heavy atom. The lowest BCUT2D eigenvalue weighted by atomic mass is 9.72. The molecule has 0 bridgehead atoms. The minimum atomic E-state index is -0.210. The molecule has 1 aliphatic heterocycles. The van der Waals surface area contributed by atoms with Crippen molar-refractivity contribution in [3.63, 3.8) is 0 Å². The zero-order valence-corrected chi connectivity index (χ0v) is 17.3. The Morgan fingerprint density at radius 1 is 1.06 bits per heavy atom. The molecule has 0 saturated heterocycles. The van der Waals surface area contributed by atoms with Crippen LogP contribution in [-0.4, -0.2) is 35.8 Å². The number of aliphatic hydroxyl groups excluding tert-OH is 1. The Kier molecular flexibility index (Phi) is 4.96. The summed E-state index contributed by atoms with van der Waals surface area (Å²) in [6, 6.07) is 20.2. The molecule has 1 amide bonds. The van der Waals surface area contributed by atoms with Crippen LogP contribution in [0.4, 0.5) is 5.69 Å². The van der Waals surface area contributed by atoms with Gasteiger partial charge in [-0.3, -0.25) is 4.79 Å². The number of rotatable bonds is 5. The van der Waals surface area contributed by atoms with E-state index >= 15 is 0 Å². The molecule has 6 nitrogen and oxygen atoms in total. The van der Waals surface area contributed by atoms with Gasteiger partial charge in [0.2, 0.25) is 5.88 Å². The summed E-state index contributed by atoms with van der Waals surface area (Å²) < 4.78 is 5.67. The van der Waals surface area contributed by atoms with Gasteiger partial charge in [-0.1, -0.05) is 54.6 Å². The van der Waals surface area contributed by atoms with Crippen molar-refractivity contribution in [3.8, 4) is 28.3 Å². The number of benzene rings is 2. The quantitative estimate of drug-likeness (QED) is 0.666. The number of carbonyl (C=O) groups excluding carboxylic acids is 1. The van der Waals surface area contributed by atoms with E-state index in [9.17, 15) is 9.90 Å². The number of β-amino-alcohol motifs (C(OH)–C–C–N with tert-alkyl or cyclic N) is 1. The largest absolute Gasteiger partial charge is 0.466 e. The Labute approximate surface area is 181 Å². The summed E-state index contributed by atoms with van der Waals surface area (Å²) in [7, 11) is 0. The molecule has 0 radical (unpaired) electrons. The van der Waals surface area contributed by atoms with E-state index < -0.39 is 0 Å². The maximum atomic E-state index is 12.4. The number of hydrogen-bond acceptors (Lipinski definition) is 5. The summed E-state index contributed by atoms with van der Waals surface area (Å²) in [5.41, 5.74) is 11.7. The van der Waals surface area contributed by atoms with Gasteiger partial charge in [-0.25, -0.2) is 4.98 Å². The topological polar surface area (TPSA) is 88.7 Å². The normalized spacial score (nSPS) is 17.0. The minimum absolute atomic E-state index is 0.0846. The van der Waals surface area contributed by atoms with Crippen LogP contribution in [0.1, 0.15) is 24.8 Å². The fraction of sp³-hybridized carbons (Fsp3) is 0.280. The van der Waals surface area contributed by atoms with Crippen molar-refractivity contribution in [2.24, 2.45) is 5.73 Å². The number of pyridine rings is 1. The average molecular weight is 415 g/mol. The van der Waals surface area contributed by atoms with E-state index in [2.05, 4.69) is 24.3 Å². The van der Waals surface area contributed by atoms with Gasteiger partial charge in [-0.15, -0.1) is 0 Å². The van der Waals surface area contributed by atoms with Crippen LogP contribution in [0.2, 0.25) is 0 Å². The minimum Gasteiger partial charge on any atom is -0.466 e. The molecule has 1 saturated carbocycles. The third-order valence-corrected chi connectivity index (χ3v) is 6.28. The summed E-state index contributed by atoms with van der Waals surface area (Å²) in [6.45, 7) is -0.00755. The van der Waals surface area contributed by atoms with E-state index in [1.54, 1.807) is 4.90 Å². The first-order valence-corrected chi connectivity index (χ1v) is 10.6. The number of amides is 1. The molecule has 6 heteroatoms. The molecule has 0 spiro atoms. The summed E-state index contributed by atoms with van der Waals surface area (Å²) in [5, 5.41) is 9.43. The monoisotopic (exact) mass is 415 g/mol. The second-order valence-electron chi connectivity index (χ2n) is 8.22. The highest BCUT2D eigenvalue weighted by molar-refractivity contribution is 5.99. The van der Waals surface area contributed by atoms with E-state index in [1.807, 2.05) is 36.4 Å². The van der Waals surface area contributed by atoms with Crippen LogP contribution in [0.25, 0.3) is 22.4 Å². The lowest BCUT2D eigenvalue weighted by Crippen LogP contribution is -2.43. The second kappa shape index (κ2) is 7.80. The number of nitrogens with zero attached hydrogens (tertiary/aromatic N) is 2. The maximum Gasteiger partial charge on any atom is 0.265 e. The lowest BCUT2D eigenvalue weighted by molar-refractivity contribution is -0.121. The molecular formula is C25H25N3O3. The van der Waals surface area contributed by atoms with Crippen LogP contribution in [0, 0.1) is 0 Å². The van der Waals surface area contributed by atoms with Gasteiger partial charge in [-0.2, -0.15) is 0 Å². The highest BCUT2D eigenvalue weighted by Gasteiger charge is 2.34. The first-order chi connectivity index (χ1) is 15.1. The Hall–Kier alpha value is -3.22. The SMILES string of the molecule is NC1(c2ccc(-c3nc4c(cc3-c3ccccc3)N(CCO)C(=O)CO4)cc2)CCC1. The van der Waals surface area contributed by atoms with Gasteiger partial charge in [-0.05, 0) is 36.5 Å². The maximum absolute atomic E-state index is 12.4. The highest BCUT2D eigenvalue weighted by Crippen LogP contribution is 2.42. The van der Waals surface area contributed by atoms with Gasteiger partial charge in [0.25, 0.3) is 5.91 Å². The molecule has 5 rings (SSSR count). The number of fused-ring (bicyclic) bond motifs is 1. The molecule has 1 aromatic heterocycles. The number of nitrogens with two attached hydrogens (primary N) is 1. The van der Waals surface area contributed by atoms with Crippen LogP contribution in [0.15, 0.2) is 60.7 Å². The van der Waals surface area contributed by atoms with Gasteiger partial charge in [0.15, 0.2) is 6.61 Å². The predicted molar refractivity (Wildman–Crippen MR) is 120 cm³/mol. The molecule has 3 aromatic rings. The molecular weight excluding hydrogens is 390 g/mol. The van der Waals surface area contributed by atoms with Gasteiger partial charge in [0.05, 0.1) is 12.3 Å². The van der Waals surface area contributed by atoms with Crippen molar-refractivity contribution in [2.75, 3.05) is 24.7 Å².